The fraction of sp³-hybridized carbons (Fsp3) is 0.321. The molecule has 2 aliphatic rings. The Bertz CT molecular complexity index is 1460. The van der Waals surface area contributed by atoms with Crippen LogP contribution < -0.4 is 15.1 Å². The van der Waals surface area contributed by atoms with Gasteiger partial charge in [0.15, 0.2) is 5.82 Å². The van der Waals surface area contributed by atoms with E-state index in [-0.39, 0.29) is 11.3 Å². The first-order valence-electron chi connectivity index (χ1n) is 12.8. The van der Waals surface area contributed by atoms with Crippen molar-refractivity contribution in [2.45, 2.75) is 18.9 Å². The van der Waals surface area contributed by atoms with E-state index in [1.54, 1.807) is 0 Å². The van der Waals surface area contributed by atoms with E-state index in [0.29, 0.717) is 41.2 Å². The predicted octanol–water partition coefficient (Wildman–Crippen LogP) is 5.79. The largest absolute Gasteiger partial charge is 0.369 e. The van der Waals surface area contributed by atoms with Gasteiger partial charge in [0.05, 0.1) is 11.6 Å². The molecule has 2 aliphatic heterocycles. The molecule has 2 fully saturated rings. The highest BCUT2D eigenvalue weighted by molar-refractivity contribution is 6.28. The number of rotatable bonds is 5. The molecule has 2 aromatic carbocycles. The molecule has 2 saturated heterocycles. The summed E-state index contributed by atoms with van der Waals surface area (Å²) in [6.07, 6.45) is 1.56. The number of nitrogens with zero attached hydrogens (tertiary/aromatic N) is 6. The number of nitrogens with one attached hydrogen (secondary N) is 1. The van der Waals surface area contributed by atoms with Crippen molar-refractivity contribution in [1.29, 1.82) is 0 Å². The average molecular weight is 536 g/mol. The Morgan fingerprint density at radius 3 is 2.47 bits per heavy atom. The van der Waals surface area contributed by atoms with Crippen molar-refractivity contribution >= 4 is 45.6 Å². The highest BCUT2D eigenvalue weighted by Crippen LogP contribution is 2.38. The van der Waals surface area contributed by atoms with Gasteiger partial charge in [0.25, 0.3) is 0 Å². The number of aromatic nitrogens is 3. The molecule has 0 spiro atoms. The second kappa shape index (κ2) is 10.3. The van der Waals surface area contributed by atoms with Crippen LogP contribution in [0.1, 0.15) is 24.4 Å². The topological polar surface area (TPSA) is 60.4 Å². The molecule has 0 saturated carbocycles. The van der Waals surface area contributed by atoms with Gasteiger partial charge in [-0.3, -0.25) is 0 Å². The van der Waals surface area contributed by atoms with Crippen LogP contribution >= 0.6 is 11.6 Å². The summed E-state index contributed by atoms with van der Waals surface area (Å²) in [5, 5.41) is 3.46. The van der Waals surface area contributed by atoms with Crippen LogP contribution in [0.3, 0.4) is 0 Å². The zero-order valence-electron chi connectivity index (χ0n) is 21.0. The number of hydrogen-bond donors (Lipinski definition) is 1. The summed E-state index contributed by atoms with van der Waals surface area (Å²) in [5.74, 6) is 0.277. The van der Waals surface area contributed by atoms with Crippen LogP contribution in [0, 0.1) is 11.6 Å². The third kappa shape index (κ3) is 4.96. The van der Waals surface area contributed by atoms with Gasteiger partial charge < -0.3 is 20.0 Å². The maximum Gasteiger partial charge on any atom is 0.225 e. The number of halogens is 3. The minimum atomic E-state index is -0.451. The number of benzene rings is 2. The fourth-order valence-corrected chi connectivity index (χ4v) is 5.49. The molecule has 0 amide bonds. The van der Waals surface area contributed by atoms with Crippen molar-refractivity contribution in [1.82, 2.24) is 19.9 Å². The Morgan fingerprint density at radius 1 is 0.895 bits per heavy atom. The molecule has 2 aromatic heterocycles. The van der Waals surface area contributed by atoms with Crippen LogP contribution in [0.15, 0.2) is 54.6 Å². The van der Waals surface area contributed by atoms with E-state index in [4.69, 9.17) is 16.6 Å². The van der Waals surface area contributed by atoms with Crippen LogP contribution in [0.4, 0.5) is 31.8 Å². The van der Waals surface area contributed by atoms with Crippen molar-refractivity contribution in [3.8, 4) is 0 Å². The Hall–Kier alpha value is -3.56. The van der Waals surface area contributed by atoms with Gasteiger partial charge in [-0.15, -0.1) is 0 Å². The first-order chi connectivity index (χ1) is 18.4. The predicted molar refractivity (Wildman–Crippen MR) is 147 cm³/mol. The second-order valence-corrected chi connectivity index (χ2v) is 10.2. The summed E-state index contributed by atoms with van der Waals surface area (Å²) in [5.41, 5.74) is 3.53. The molecular weight excluding hydrogens is 508 g/mol. The highest BCUT2D eigenvalue weighted by atomic mass is 35.5. The molecule has 0 aliphatic carbocycles. The van der Waals surface area contributed by atoms with E-state index in [0.717, 1.165) is 44.4 Å². The van der Waals surface area contributed by atoms with E-state index >= 15 is 0 Å². The molecule has 7 nitrogen and oxygen atoms in total. The molecule has 1 atom stereocenters. The van der Waals surface area contributed by atoms with Crippen molar-refractivity contribution in [2.75, 3.05) is 54.9 Å². The van der Waals surface area contributed by atoms with Crippen LogP contribution in [0.2, 0.25) is 5.28 Å². The first-order valence-corrected chi connectivity index (χ1v) is 13.2. The summed E-state index contributed by atoms with van der Waals surface area (Å²) in [7, 11) is 2.14. The normalized spacial score (nSPS) is 18.4. The number of fused-ring (bicyclic) bond motifs is 1. The summed E-state index contributed by atoms with van der Waals surface area (Å²) >= 11 is 6.24. The summed E-state index contributed by atoms with van der Waals surface area (Å²) in [6.45, 7) is 4.77. The van der Waals surface area contributed by atoms with Gasteiger partial charge >= 0.3 is 0 Å². The molecule has 0 unspecified atom stereocenters. The number of likely N-dealkylation sites (N-methyl/N-ethyl adjacent to an activating group) is 1. The Balaban J connectivity index is 1.29. The number of hydrogen-bond acceptors (Lipinski definition) is 7. The summed E-state index contributed by atoms with van der Waals surface area (Å²) in [6, 6.07) is 15.2. The Labute approximate surface area is 225 Å². The smallest absolute Gasteiger partial charge is 0.225 e. The third-order valence-electron chi connectivity index (χ3n) is 7.36. The quantitative estimate of drug-likeness (QED) is 0.324. The summed E-state index contributed by atoms with van der Waals surface area (Å²) < 4.78 is 28.6. The lowest BCUT2D eigenvalue weighted by atomic mass is 10.0. The average Bonchev–Trinajstić information content (AvgIpc) is 3.40. The molecule has 38 heavy (non-hydrogen) atoms. The van der Waals surface area contributed by atoms with Crippen molar-refractivity contribution in [3.63, 3.8) is 0 Å². The van der Waals surface area contributed by atoms with E-state index in [1.807, 2.05) is 29.2 Å². The maximum atomic E-state index is 14.6. The van der Waals surface area contributed by atoms with Crippen molar-refractivity contribution in [2.24, 2.45) is 0 Å². The van der Waals surface area contributed by atoms with E-state index in [9.17, 15) is 8.78 Å². The van der Waals surface area contributed by atoms with Gasteiger partial charge in [-0.1, -0.05) is 0 Å². The molecule has 6 rings (SSSR count). The molecule has 10 heteroatoms. The molecule has 4 heterocycles. The first kappa shape index (κ1) is 24.8. The minimum absolute atomic E-state index is 0.115. The molecular formula is C28H28ClF2N7. The number of pyridine rings is 1. The van der Waals surface area contributed by atoms with Crippen molar-refractivity contribution in [3.05, 3.63) is 77.1 Å². The minimum Gasteiger partial charge on any atom is -0.369 e. The molecule has 196 valence electrons. The van der Waals surface area contributed by atoms with E-state index in [2.05, 4.69) is 44.3 Å². The zero-order valence-corrected chi connectivity index (χ0v) is 21.8. The van der Waals surface area contributed by atoms with Crippen LogP contribution in [0.5, 0.6) is 0 Å². The maximum absolute atomic E-state index is 14.6. The molecule has 4 aromatic rings. The van der Waals surface area contributed by atoms with Crippen LogP contribution in [-0.4, -0.2) is 59.6 Å². The van der Waals surface area contributed by atoms with Crippen LogP contribution in [0.25, 0.3) is 11.0 Å². The van der Waals surface area contributed by atoms with E-state index < -0.39 is 11.6 Å². The van der Waals surface area contributed by atoms with Gasteiger partial charge in [0, 0.05) is 49.7 Å². The van der Waals surface area contributed by atoms with Crippen molar-refractivity contribution < 1.29 is 8.78 Å². The monoisotopic (exact) mass is 535 g/mol. The summed E-state index contributed by atoms with van der Waals surface area (Å²) in [4.78, 5) is 20.4. The lowest BCUT2D eigenvalue weighted by Gasteiger charge is -2.34. The Kier molecular flexibility index (Phi) is 6.71. The standard InChI is InChI=1S/C28H28ClF2N7/c1-36-13-15-37(16-14-36)20-7-5-19(6-8-20)32-27-26-23(33-28(29)35-27)10-11-25(34-26)38-12-2-3-24(38)21-17-18(30)4-9-22(21)31/h4-11,17,24H,2-3,12-16H2,1H3,(H,32,33,35)/t24-/m1/s1. The van der Waals surface area contributed by atoms with Gasteiger partial charge in [-0.25, -0.2) is 18.7 Å². The lowest BCUT2D eigenvalue weighted by molar-refractivity contribution is 0.313. The molecule has 0 bridgehead atoms. The van der Waals surface area contributed by atoms with Gasteiger partial charge in [0.2, 0.25) is 5.28 Å². The third-order valence-corrected chi connectivity index (χ3v) is 7.53. The molecule has 0 radical (unpaired) electrons. The van der Waals surface area contributed by atoms with Crippen LogP contribution in [-0.2, 0) is 0 Å². The fourth-order valence-electron chi connectivity index (χ4n) is 5.31. The lowest BCUT2D eigenvalue weighted by Crippen LogP contribution is -2.44. The zero-order chi connectivity index (χ0) is 26.2. The van der Waals surface area contributed by atoms with Gasteiger partial charge in [0.1, 0.15) is 23.0 Å². The van der Waals surface area contributed by atoms with Gasteiger partial charge in [-0.05, 0) is 86.1 Å². The van der Waals surface area contributed by atoms with E-state index in [1.165, 1.54) is 17.8 Å². The number of piperazine rings is 1. The highest BCUT2D eigenvalue weighted by Gasteiger charge is 2.30. The van der Waals surface area contributed by atoms with Gasteiger partial charge in [-0.2, -0.15) is 4.98 Å². The number of anilines is 4. The molecule has 1 N–H and O–H groups in total. The SMILES string of the molecule is CN1CCN(c2ccc(Nc3nc(Cl)nc4ccc(N5CCC[C@@H]5c5cc(F)ccc5F)nc34)cc2)CC1. The Morgan fingerprint density at radius 2 is 1.68 bits per heavy atom. The second-order valence-electron chi connectivity index (χ2n) is 9.86.